The first kappa shape index (κ1) is 20.3. The number of benzene rings is 2. The lowest BCUT2D eigenvalue weighted by Gasteiger charge is -2.12. The molecule has 0 fully saturated rings. The molecule has 0 unspecified atom stereocenters. The first-order valence-electron chi connectivity index (χ1n) is 8.01. The summed E-state index contributed by atoms with van der Waals surface area (Å²) >= 11 is 0. The summed E-state index contributed by atoms with van der Waals surface area (Å²) in [6, 6.07) is 7.86. The molecule has 2 aromatic rings. The van der Waals surface area contributed by atoms with Crippen LogP contribution in [0.1, 0.15) is 15.9 Å². The molecule has 0 saturated carbocycles. The summed E-state index contributed by atoms with van der Waals surface area (Å²) in [5.74, 6) is 1.38. The van der Waals surface area contributed by atoms with E-state index in [0.29, 0.717) is 28.4 Å². The first-order valence-corrected chi connectivity index (χ1v) is 8.01. The topological polar surface area (TPSA) is 94.5 Å². The van der Waals surface area contributed by atoms with E-state index < -0.39 is 7.12 Å². The van der Waals surface area contributed by atoms with Crippen molar-refractivity contribution in [1.82, 2.24) is 0 Å². The zero-order valence-corrected chi connectivity index (χ0v) is 15.6. The molecule has 0 atom stereocenters. The third-order valence-corrected chi connectivity index (χ3v) is 3.91. The van der Waals surface area contributed by atoms with Gasteiger partial charge in [0.15, 0.2) is 17.3 Å². The van der Waals surface area contributed by atoms with E-state index in [2.05, 4.69) is 0 Å². The molecule has 0 aromatic heterocycles. The zero-order chi connectivity index (χ0) is 20.0. The van der Waals surface area contributed by atoms with Crippen molar-refractivity contribution >= 4 is 24.4 Å². The highest BCUT2D eigenvalue weighted by Crippen LogP contribution is 2.38. The summed E-state index contributed by atoms with van der Waals surface area (Å²) < 4.78 is 20.9. The Balaban J connectivity index is 2.33. The van der Waals surface area contributed by atoms with E-state index in [1.807, 2.05) is 0 Å². The van der Waals surface area contributed by atoms with Gasteiger partial charge < -0.3 is 29.0 Å². The highest BCUT2D eigenvalue weighted by molar-refractivity contribution is 6.59. The molecule has 0 heterocycles. The molecule has 8 heteroatoms. The second-order valence-corrected chi connectivity index (χ2v) is 5.49. The van der Waals surface area contributed by atoms with Gasteiger partial charge in [0.05, 0.1) is 28.4 Å². The fourth-order valence-electron chi connectivity index (χ4n) is 2.56. The van der Waals surface area contributed by atoms with Crippen molar-refractivity contribution in [2.24, 2.45) is 0 Å². The van der Waals surface area contributed by atoms with Gasteiger partial charge in [-0.1, -0.05) is 6.08 Å². The van der Waals surface area contributed by atoms with Crippen LogP contribution in [0.5, 0.6) is 23.0 Å². The Bertz CT molecular complexity index is 821. The van der Waals surface area contributed by atoms with Gasteiger partial charge >= 0.3 is 7.12 Å². The van der Waals surface area contributed by atoms with Crippen LogP contribution in [0.4, 0.5) is 0 Å². The van der Waals surface area contributed by atoms with Crippen LogP contribution in [-0.2, 0) is 0 Å². The number of carbonyl (C=O) groups is 1. The summed E-state index contributed by atoms with van der Waals surface area (Å²) in [6.07, 6.45) is 2.97. The van der Waals surface area contributed by atoms with Gasteiger partial charge in [0.25, 0.3) is 0 Å². The van der Waals surface area contributed by atoms with Gasteiger partial charge in [-0.05, 0) is 42.0 Å². The molecule has 0 aliphatic rings. The van der Waals surface area contributed by atoms with E-state index in [1.165, 1.54) is 46.6 Å². The molecule has 0 spiro atoms. The summed E-state index contributed by atoms with van der Waals surface area (Å²) in [4.78, 5) is 12.4. The van der Waals surface area contributed by atoms with Crippen molar-refractivity contribution in [1.29, 1.82) is 0 Å². The minimum atomic E-state index is -1.74. The Morgan fingerprint density at radius 2 is 1.48 bits per heavy atom. The van der Waals surface area contributed by atoms with Crippen molar-refractivity contribution in [2.45, 2.75) is 0 Å². The van der Waals surface area contributed by atoms with Crippen LogP contribution in [-0.4, -0.2) is 51.4 Å². The van der Waals surface area contributed by atoms with Crippen molar-refractivity contribution < 1.29 is 33.8 Å². The maximum absolute atomic E-state index is 12.4. The Morgan fingerprint density at radius 3 is 1.96 bits per heavy atom. The summed E-state index contributed by atoms with van der Waals surface area (Å²) in [6.45, 7) is 0. The predicted octanol–water partition coefficient (Wildman–Crippen LogP) is 1.30. The highest BCUT2D eigenvalue weighted by Gasteiger charge is 2.19. The van der Waals surface area contributed by atoms with Crippen molar-refractivity contribution in [3.05, 3.63) is 47.5 Å². The van der Waals surface area contributed by atoms with Crippen LogP contribution >= 0.6 is 0 Å². The van der Waals surface area contributed by atoms with Gasteiger partial charge in [0.2, 0.25) is 5.75 Å². The predicted molar refractivity (Wildman–Crippen MR) is 102 cm³/mol. The molecule has 7 nitrogen and oxygen atoms in total. The molecule has 0 radical (unpaired) electrons. The van der Waals surface area contributed by atoms with Gasteiger partial charge in [-0.25, -0.2) is 0 Å². The van der Waals surface area contributed by atoms with E-state index >= 15 is 0 Å². The molecular formula is C19H21BO7. The van der Waals surface area contributed by atoms with Gasteiger partial charge in [0, 0.05) is 11.0 Å². The average Bonchev–Trinajstić information content (AvgIpc) is 2.70. The molecular weight excluding hydrogens is 351 g/mol. The SMILES string of the molecule is COc1ccc(C(=O)/C=C/c2cc(OC)c(OC)c(OC)c2)cc1B(O)O. The summed E-state index contributed by atoms with van der Waals surface area (Å²) in [5, 5.41) is 18.8. The van der Waals surface area contributed by atoms with Gasteiger partial charge in [-0.2, -0.15) is 0 Å². The monoisotopic (exact) mass is 372 g/mol. The first-order chi connectivity index (χ1) is 12.9. The number of carbonyl (C=O) groups excluding carboxylic acids is 1. The molecule has 2 rings (SSSR count). The molecule has 0 amide bonds. The maximum Gasteiger partial charge on any atom is 0.492 e. The minimum Gasteiger partial charge on any atom is -0.497 e. The third kappa shape index (κ3) is 4.61. The van der Waals surface area contributed by atoms with Crippen LogP contribution in [0, 0.1) is 0 Å². The van der Waals surface area contributed by atoms with Gasteiger partial charge in [-0.3, -0.25) is 4.79 Å². The minimum absolute atomic E-state index is 0.115. The number of methoxy groups -OCH3 is 4. The number of ketones is 1. The summed E-state index contributed by atoms with van der Waals surface area (Å²) in [5.41, 5.74) is 1.08. The summed E-state index contributed by atoms with van der Waals surface area (Å²) in [7, 11) is 4.19. The maximum atomic E-state index is 12.4. The lowest BCUT2D eigenvalue weighted by Crippen LogP contribution is -2.31. The number of allylic oxidation sites excluding steroid dienone is 1. The van der Waals surface area contributed by atoms with Gasteiger partial charge in [0.1, 0.15) is 5.75 Å². The normalized spacial score (nSPS) is 10.6. The van der Waals surface area contributed by atoms with Crippen LogP contribution in [0.3, 0.4) is 0 Å². The van der Waals surface area contributed by atoms with E-state index in [0.717, 1.165) is 0 Å². The smallest absolute Gasteiger partial charge is 0.492 e. The van der Waals surface area contributed by atoms with E-state index in [-0.39, 0.29) is 17.0 Å². The molecule has 0 aliphatic heterocycles. The Labute approximate surface area is 157 Å². The Morgan fingerprint density at radius 1 is 0.889 bits per heavy atom. The zero-order valence-electron chi connectivity index (χ0n) is 15.6. The number of hydrogen-bond donors (Lipinski definition) is 2. The molecule has 27 heavy (non-hydrogen) atoms. The average molecular weight is 372 g/mol. The second-order valence-electron chi connectivity index (χ2n) is 5.49. The lowest BCUT2D eigenvalue weighted by molar-refractivity contribution is 0.104. The lowest BCUT2D eigenvalue weighted by atomic mass is 9.78. The van der Waals surface area contributed by atoms with Crippen LogP contribution in [0.25, 0.3) is 6.08 Å². The van der Waals surface area contributed by atoms with E-state index in [4.69, 9.17) is 18.9 Å². The highest BCUT2D eigenvalue weighted by atomic mass is 16.5. The van der Waals surface area contributed by atoms with Crippen molar-refractivity contribution in [2.75, 3.05) is 28.4 Å². The third-order valence-electron chi connectivity index (χ3n) is 3.91. The van der Waals surface area contributed by atoms with Crippen LogP contribution in [0.15, 0.2) is 36.4 Å². The van der Waals surface area contributed by atoms with Gasteiger partial charge in [-0.15, -0.1) is 0 Å². The quantitative estimate of drug-likeness (QED) is 0.410. The molecule has 2 aromatic carbocycles. The molecule has 0 bridgehead atoms. The van der Waals surface area contributed by atoms with Crippen LogP contribution in [0.2, 0.25) is 0 Å². The molecule has 0 aliphatic carbocycles. The van der Waals surface area contributed by atoms with Crippen molar-refractivity contribution in [3.63, 3.8) is 0 Å². The van der Waals surface area contributed by atoms with E-state index in [9.17, 15) is 14.8 Å². The molecule has 0 saturated heterocycles. The number of rotatable bonds is 8. The molecule has 2 N–H and O–H groups in total. The van der Waals surface area contributed by atoms with Crippen molar-refractivity contribution in [3.8, 4) is 23.0 Å². The standard InChI is InChI=1S/C19H21BO7/c1-24-16-8-6-13(11-14(16)20(22)23)15(21)7-5-12-9-17(25-2)19(27-4)18(10-12)26-3/h5-11,22-23H,1-4H3/b7-5+. The van der Waals surface area contributed by atoms with Crippen LogP contribution < -0.4 is 24.4 Å². The second kappa shape index (κ2) is 9.11. The fraction of sp³-hybridized carbons (Fsp3) is 0.211. The Hall–Kier alpha value is -2.97. The Kier molecular flexibility index (Phi) is 6.87. The number of hydrogen-bond acceptors (Lipinski definition) is 7. The number of ether oxygens (including phenoxy) is 4. The van der Waals surface area contributed by atoms with E-state index in [1.54, 1.807) is 24.3 Å². The fourth-order valence-corrected chi connectivity index (χ4v) is 2.56. The largest absolute Gasteiger partial charge is 0.497 e. The molecule has 142 valence electrons.